The number of rotatable bonds is 10. The largest absolute Gasteiger partial charge is 0.487 e. The molecule has 0 saturated heterocycles. The minimum atomic E-state index is -4.03. The molecule has 8 N–H and O–H groups in total. The van der Waals surface area contributed by atoms with Crippen LogP contribution in [0.25, 0.3) is 0 Å². The summed E-state index contributed by atoms with van der Waals surface area (Å²) in [7, 11) is -4.03. The molecule has 0 bridgehead atoms. The number of amides is 1. The highest BCUT2D eigenvalue weighted by Crippen LogP contribution is 2.43. The van der Waals surface area contributed by atoms with Crippen molar-refractivity contribution in [1.82, 2.24) is 10.0 Å². The minimum Gasteiger partial charge on any atom is -0.487 e. The Balaban J connectivity index is 2.04. The van der Waals surface area contributed by atoms with Gasteiger partial charge in [-0.3, -0.25) is 9.79 Å². The van der Waals surface area contributed by atoms with Gasteiger partial charge in [0.25, 0.3) is 10.0 Å². The fraction of sp³-hybridized carbons (Fsp3) is 0.609. The number of aliphatic imine (C=N–C) groups is 1. The van der Waals surface area contributed by atoms with Crippen LogP contribution in [0, 0.1) is 20.8 Å². The van der Waals surface area contributed by atoms with Gasteiger partial charge in [0, 0.05) is 18.5 Å². The normalized spacial score (nSPS) is 17.5. The average molecular weight is 528 g/mol. The van der Waals surface area contributed by atoms with Crippen LogP contribution in [0.1, 0.15) is 55.9 Å². The van der Waals surface area contributed by atoms with Crippen molar-refractivity contribution in [1.29, 1.82) is 0 Å². The molecule has 2 rings (SSSR count). The highest BCUT2D eigenvalue weighted by Gasteiger charge is 2.36. The van der Waals surface area contributed by atoms with Gasteiger partial charge in [-0.05, 0) is 71.1 Å². The van der Waals surface area contributed by atoms with E-state index in [0.717, 1.165) is 16.9 Å². The monoisotopic (exact) mass is 527 g/mol. The van der Waals surface area contributed by atoms with Crippen LogP contribution in [0.4, 0.5) is 0 Å². The number of benzene rings is 1. The zero-order valence-corrected chi connectivity index (χ0v) is 22.3. The number of hydrogen-bond acceptors (Lipinski definition) is 8. The molecule has 1 aromatic rings. The summed E-state index contributed by atoms with van der Waals surface area (Å²) >= 11 is 0. The molecule has 0 radical (unpaired) electrons. The summed E-state index contributed by atoms with van der Waals surface area (Å²) in [6, 6.07) is -2.51. The summed E-state index contributed by atoms with van der Waals surface area (Å²) in [6.07, 6.45) is -0.290. The Kier molecular flexibility index (Phi) is 8.97. The Hall–Kier alpha value is -2.90. The second-order valence-corrected chi connectivity index (χ2v) is 11.4. The summed E-state index contributed by atoms with van der Waals surface area (Å²) < 4.78 is 34.7. The second-order valence-electron chi connectivity index (χ2n) is 9.74. The Morgan fingerprint density at radius 2 is 1.81 bits per heavy atom. The third-order valence-corrected chi connectivity index (χ3v) is 7.77. The summed E-state index contributed by atoms with van der Waals surface area (Å²) in [5.74, 6) is -1.69. The van der Waals surface area contributed by atoms with Gasteiger partial charge in [0.1, 0.15) is 11.4 Å². The number of nitrogens with zero attached hydrogens (tertiary/aromatic N) is 1. The molecule has 3 atom stereocenters. The SMILES string of the molecule is Cc1c(C)c(S(=O)(=O)NC(N)=NCCC[C@H](N)C(=O)N[C@H](C(=O)O)[C@@H](C)O)c(C)c2c1OC(C)(C)C2. The number of nitrogens with two attached hydrogens (primary N) is 2. The maximum absolute atomic E-state index is 13.2. The molecular formula is C23H37N5O7S. The van der Waals surface area contributed by atoms with Gasteiger partial charge in [-0.2, -0.15) is 0 Å². The van der Waals surface area contributed by atoms with E-state index in [-0.39, 0.29) is 30.2 Å². The number of aliphatic hydroxyl groups is 1. The summed E-state index contributed by atoms with van der Waals surface area (Å²) in [5, 5.41) is 20.7. The van der Waals surface area contributed by atoms with Crippen molar-refractivity contribution >= 4 is 27.9 Å². The lowest BCUT2D eigenvalue weighted by Gasteiger charge is -2.19. The highest BCUT2D eigenvalue weighted by atomic mass is 32.2. The van der Waals surface area contributed by atoms with Crippen molar-refractivity contribution in [3.8, 4) is 5.75 Å². The Bertz CT molecular complexity index is 1160. The van der Waals surface area contributed by atoms with Crippen LogP contribution in [0.3, 0.4) is 0 Å². The fourth-order valence-corrected chi connectivity index (χ4v) is 5.68. The van der Waals surface area contributed by atoms with E-state index in [1.807, 2.05) is 20.8 Å². The number of carbonyl (C=O) groups excluding carboxylic acids is 1. The Labute approximate surface area is 211 Å². The van der Waals surface area contributed by atoms with Gasteiger partial charge in [-0.1, -0.05) is 0 Å². The molecule has 1 amide bonds. The smallest absolute Gasteiger partial charge is 0.328 e. The number of carboxylic acid groups (broad SMARTS) is 1. The number of nitrogens with one attached hydrogen (secondary N) is 2. The zero-order valence-electron chi connectivity index (χ0n) is 21.5. The number of hydrogen-bond donors (Lipinski definition) is 6. The number of aliphatic carboxylic acids is 1. The molecule has 12 nitrogen and oxygen atoms in total. The summed E-state index contributed by atoms with van der Waals surface area (Å²) in [5.41, 5.74) is 14.0. The van der Waals surface area contributed by atoms with Gasteiger partial charge in [0.15, 0.2) is 6.04 Å². The first kappa shape index (κ1) is 29.3. The summed E-state index contributed by atoms with van der Waals surface area (Å²) in [6.45, 7) is 10.5. The molecular weight excluding hydrogens is 490 g/mol. The predicted molar refractivity (Wildman–Crippen MR) is 134 cm³/mol. The molecule has 0 unspecified atom stereocenters. The number of aliphatic hydroxyl groups excluding tert-OH is 1. The maximum Gasteiger partial charge on any atom is 0.328 e. The lowest BCUT2D eigenvalue weighted by atomic mass is 9.94. The third kappa shape index (κ3) is 6.65. The number of carboxylic acids is 1. The number of carbonyl (C=O) groups is 2. The first-order chi connectivity index (χ1) is 16.5. The number of ether oxygens (including phenoxy) is 1. The van der Waals surface area contributed by atoms with E-state index in [1.54, 1.807) is 13.8 Å². The molecule has 1 aromatic carbocycles. The first-order valence-corrected chi connectivity index (χ1v) is 13.1. The van der Waals surface area contributed by atoms with E-state index in [9.17, 15) is 23.1 Å². The van der Waals surface area contributed by atoms with Gasteiger partial charge >= 0.3 is 5.97 Å². The van der Waals surface area contributed by atoms with E-state index in [2.05, 4.69) is 15.0 Å². The van der Waals surface area contributed by atoms with Gasteiger partial charge in [-0.15, -0.1) is 0 Å². The molecule has 0 spiro atoms. The molecule has 1 heterocycles. The lowest BCUT2D eigenvalue weighted by molar-refractivity contribution is -0.145. The quantitative estimate of drug-likeness (QED) is 0.137. The second kappa shape index (κ2) is 11.0. The zero-order chi connectivity index (χ0) is 27.6. The van der Waals surface area contributed by atoms with Crippen LogP contribution < -0.4 is 26.2 Å². The van der Waals surface area contributed by atoms with Crippen molar-refractivity contribution in [2.75, 3.05) is 6.54 Å². The van der Waals surface area contributed by atoms with Crippen LogP contribution in [-0.2, 0) is 26.0 Å². The average Bonchev–Trinajstić information content (AvgIpc) is 3.08. The molecule has 36 heavy (non-hydrogen) atoms. The number of sulfonamides is 1. The van der Waals surface area contributed by atoms with E-state index >= 15 is 0 Å². The summed E-state index contributed by atoms with van der Waals surface area (Å²) in [4.78, 5) is 27.3. The van der Waals surface area contributed by atoms with Crippen molar-refractivity contribution in [3.05, 3.63) is 22.3 Å². The molecule has 0 aromatic heterocycles. The molecule has 0 aliphatic carbocycles. The van der Waals surface area contributed by atoms with Gasteiger partial charge < -0.3 is 31.7 Å². The number of fused-ring (bicyclic) bond motifs is 1. The van der Waals surface area contributed by atoms with Crippen molar-refractivity contribution in [2.24, 2.45) is 16.5 Å². The Morgan fingerprint density at radius 3 is 2.36 bits per heavy atom. The van der Waals surface area contributed by atoms with Crippen molar-refractivity contribution in [3.63, 3.8) is 0 Å². The van der Waals surface area contributed by atoms with Crippen LogP contribution in [0.5, 0.6) is 5.75 Å². The van der Waals surface area contributed by atoms with E-state index in [4.69, 9.17) is 21.3 Å². The Morgan fingerprint density at radius 1 is 1.19 bits per heavy atom. The van der Waals surface area contributed by atoms with Crippen molar-refractivity contribution in [2.45, 2.75) is 89.5 Å². The van der Waals surface area contributed by atoms with Crippen molar-refractivity contribution < 1.29 is 33.0 Å². The lowest BCUT2D eigenvalue weighted by Crippen LogP contribution is -2.52. The van der Waals surface area contributed by atoms with Gasteiger partial charge in [0.2, 0.25) is 11.9 Å². The molecule has 1 aliphatic heterocycles. The fourth-order valence-electron chi connectivity index (χ4n) is 4.16. The van der Waals surface area contributed by atoms with E-state index in [1.165, 1.54) is 6.92 Å². The van der Waals surface area contributed by atoms with E-state index < -0.39 is 45.7 Å². The maximum atomic E-state index is 13.2. The molecule has 13 heteroatoms. The molecule has 0 saturated carbocycles. The van der Waals surface area contributed by atoms with Crippen LogP contribution >= 0.6 is 0 Å². The van der Waals surface area contributed by atoms with Gasteiger partial charge in [-0.25, -0.2) is 17.9 Å². The van der Waals surface area contributed by atoms with E-state index in [0.29, 0.717) is 17.5 Å². The molecule has 202 valence electrons. The molecule has 1 aliphatic rings. The van der Waals surface area contributed by atoms with Gasteiger partial charge in [0.05, 0.1) is 17.0 Å². The highest BCUT2D eigenvalue weighted by molar-refractivity contribution is 7.90. The minimum absolute atomic E-state index is 0.0807. The van der Waals surface area contributed by atoms with Crippen LogP contribution in [0.15, 0.2) is 9.89 Å². The topological polar surface area (TPSA) is 206 Å². The van der Waals surface area contributed by atoms with Crippen LogP contribution in [0.2, 0.25) is 0 Å². The predicted octanol–water partition coefficient (Wildman–Crippen LogP) is -0.0239. The third-order valence-electron chi connectivity index (χ3n) is 6.14. The number of guanidine groups is 1. The van der Waals surface area contributed by atoms with Crippen LogP contribution in [-0.4, -0.2) is 66.8 Å². The first-order valence-electron chi connectivity index (χ1n) is 11.6. The standard InChI is InChI=1S/C23H37N5O7S/c1-11-12(2)19(13(3)15-10-23(5,6)35-18(11)15)36(33,34)28-22(25)26-9-7-8-16(24)20(30)27-17(14(4)29)21(31)32/h14,16-17,29H,7-10,24H2,1-6H3,(H,27,30)(H,31,32)(H3,25,26,28)/t14-,16+,17+/m1/s1. The molecule has 0 fully saturated rings.